The summed E-state index contributed by atoms with van der Waals surface area (Å²) < 4.78 is 22.5. The molecule has 0 saturated carbocycles. The number of hydrogen-bond donors (Lipinski definition) is 4. The Morgan fingerprint density at radius 1 is 0.974 bits per heavy atom. The van der Waals surface area contributed by atoms with E-state index >= 15 is 0 Å². The minimum absolute atomic E-state index is 0.188. The van der Waals surface area contributed by atoms with Gasteiger partial charge in [0, 0.05) is 0 Å². The first-order chi connectivity index (χ1) is 18.4. The average Bonchev–Trinajstić information content (AvgIpc) is 2.93. The second kappa shape index (κ2) is 14.4. The van der Waals surface area contributed by atoms with Crippen molar-refractivity contribution in [2.45, 2.75) is 44.7 Å². The Morgan fingerprint density at radius 3 is 2.08 bits per heavy atom. The molecular formula is C27H34N2O9P+. The fraction of sp³-hybridized carbons (Fsp3) is 0.407. The first-order valence-electron chi connectivity index (χ1n) is 12.2. The van der Waals surface area contributed by atoms with Crippen LogP contribution in [-0.2, 0) is 34.8 Å². The normalized spacial score (nSPS) is 14.9. The van der Waals surface area contributed by atoms with Gasteiger partial charge >= 0.3 is 31.8 Å². The first kappa shape index (κ1) is 31.4. The number of hydrogen-bond acceptors (Lipinski definition) is 8. The summed E-state index contributed by atoms with van der Waals surface area (Å²) in [5.74, 6) is -5.20. The van der Waals surface area contributed by atoms with Crippen molar-refractivity contribution in [3.05, 3.63) is 60.2 Å². The van der Waals surface area contributed by atoms with Gasteiger partial charge in [0.05, 0.1) is 19.6 Å². The molecular weight excluding hydrogens is 527 g/mol. The highest BCUT2D eigenvalue weighted by Crippen LogP contribution is 2.37. The van der Waals surface area contributed by atoms with Crippen LogP contribution in [0.15, 0.2) is 54.6 Å². The van der Waals surface area contributed by atoms with E-state index in [-0.39, 0.29) is 6.42 Å². The molecule has 0 heterocycles. The predicted octanol–water partition coefficient (Wildman–Crippen LogP) is 2.74. The van der Waals surface area contributed by atoms with Crippen LogP contribution in [0.5, 0.6) is 0 Å². The number of aliphatic carboxylic acids is 1. The van der Waals surface area contributed by atoms with Crippen molar-refractivity contribution in [2.75, 3.05) is 13.7 Å². The summed E-state index contributed by atoms with van der Waals surface area (Å²) in [4.78, 5) is 49.0. The van der Waals surface area contributed by atoms with Crippen LogP contribution in [0.4, 0.5) is 4.79 Å². The van der Waals surface area contributed by atoms with Crippen molar-refractivity contribution in [3.63, 3.8) is 0 Å². The van der Waals surface area contributed by atoms with Gasteiger partial charge in [0.15, 0.2) is 6.10 Å². The second-order valence-electron chi connectivity index (χ2n) is 9.27. The lowest BCUT2D eigenvalue weighted by Gasteiger charge is -2.32. The fourth-order valence-electron chi connectivity index (χ4n) is 3.70. The molecule has 11 nitrogen and oxygen atoms in total. The van der Waals surface area contributed by atoms with Gasteiger partial charge in [-0.1, -0.05) is 73.0 Å². The highest BCUT2D eigenvalue weighted by atomic mass is 31.1. The number of carbonyl (C=O) groups excluding carboxylic acids is 3. The number of carboxylic acids is 1. The standard InChI is InChI=1S/C27H33N2O9P/c1-16(2)25(33)38-22(15-28-26(34)37-4)27(35,39-36)21(23(30)29-17(3)24(31)32)14-18-10-12-20(13-11-18)19-8-6-5-7-9-19/h5-13,16-17,21-22,35H,14-15H2,1-4H3,(H,28,34)(H,29,30)(H,31,32)/p+1. The number of aliphatic hydroxyl groups is 1. The molecule has 12 heteroatoms. The number of ether oxygens (including phenoxy) is 2. The Kier molecular flexibility index (Phi) is 11.6. The maximum Gasteiger partial charge on any atom is 0.406 e. The minimum Gasteiger partial charge on any atom is -0.480 e. The van der Waals surface area contributed by atoms with Crippen LogP contribution in [0.3, 0.4) is 0 Å². The van der Waals surface area contributed by atoms with Gasteiger partial charge in [-0.15, -0.1) is 0 Å². The molecule has 2 rings (SSSR count). The SMILES string of the molecule is COC(=O)NCC(OC(=O)C(C)C)C(O)([PH+]=O)C(Cc1ccc(-c2ccccc2)cc1)C(=O)NC(C)C(=O)O. The molecule has 2 aromatic carbocycles. The Hall–Kier alpha value is -3.82. The van der Waals surface area contributed by atoms with Crippen LogP contribution in [0.2, 0.25) is 0 Å². The van der Waals surface area contributed by atoms with Crippen LogP contribution in [0.25, 0.3) is 11.1 Å². The van der Waals surface area contributed by atoms with E-state index in [0.717, 1.165) is 18.2 Å². The van der Waals surface area contributed by atoms with Gasteiger partial charge < -0.3 is 30.3 Å². The van der Waals surface area contributed by atoms with E-state index in [1.807, 2.05) is 42.5 Å². The average molecular weight is 562 g/mol. The molecule has 4 N–H and O–H groups in total. The van der Waals surface area contributed by atoms with Crippen molar-refractivity contribution >= 4 is 32.4 Å². The zero-order valence-electron chi connectivity index (χ0n) is 22.2. The molecule has 2 amide bonds. The molecule has 0 spiro atoms. The molecule has 5 atom stereocenters. The zero-order valence-corrected chi connectivity index (χ0v) is 23.2. The van der Waals surface area contributed by atoms with Crippen LogP contribution in [0, 0.1) is 11.8 Å². The summed E-state index contributed by atoms with van der Waals surface area (Å²) >= 11 is 0. The van der Waals surface area contributed by atoms with E-state index in [9.17, 15) is 34.0 Å². The van der Waals surface area contributed by atoms with E-state index in [2.05, 4.69) is 15.4 Å². The van der Waals surface area contributed by atoms with Gasteiger partial charge in [-0.2, -0.15) is 0 Å². The van der Waals surface area contributed by atoms with Crippen LogP contribution in [-0.4, -0.2) is 65.3 Å². The largest absolute Gasteiger partial charge is 0.480 e. The molecule has 210 valence electrons. The number of carboxylic acid groups (broad SMARTS) is 1. The van der Waals surface area contributed by atoms with Crippen molar-refractivity contribution < 1.29 is 43.4 Å². The third-order valence-electron chi connectivity index (χ3n) is 6.08. The Bertz CT molecular complexity index is 1160. The lowest BCUT2D eigenvalue weighted by molar-refractivity contribution is -0.166. The summed E-state index contributed by atoms with van der Waals surface area (Å²) in [6, 6.07) is 15.3. The third kappa shape index (κ3) is 8.59. The number of amides is 2. The molecule has 0 saturated heterocycles. The van der Waals surface area contributed by atoms with E-state index in [0.29, 0.717) is 5.56 Å². The number of rotatable bonds is 13. The molecule has 0 radical (unpaired) electrons. The maximum atomic E-state index is 13.4. The van der Waals surface area contributed by atoms with Gasteiger partial charge in [0.25, 0.3) is 0 Å². The van der Waals surface area contributed by atoms with E-state index in [1.54, 1.807) is 26.0 Å². The molecule has 0 aromatic heterocycles. The number of benzene rings is 2. The summed E-state index contributed by atoms with van der Waals surface area (Å²) in [7, 11) is -0.496. The van der Waals surface area contributed by atoms with Gasteiger partial charge in [0.1, 0.15) is 12.0 Å². The number of alkyl carbamates (subject to hydrolysis) is 1. The summed E-state index contributed by atoms with van der Waals surface area (Å²) in [5.41, 5.74) is 2.41. The number of esters is 1. The number of carbonyl (C=O) groups is 4. The van der Waals surface area contributed by atoms with Crippen molar-refractivity contribution in [2.24, 2.45) is 11.8 Å². The highest BCUT2D eigenvalue weighted by Gasteiger charge is 2.57. The van der Waals surface area contributed by atoms with Crippen LogP contribution < -0.4 is 10.6 Å². The summed E-state index contributed by atoms with van der Waals surface area (Å²) in [6.07, 6.45) is -2.73. The topological polar surface area (TPSA) is 168 Å². The van der Waals surface area contributed by atoms with Crippen molar-refractivity contribution in [3.8, 4) is 11.1 Å². The number of methoxy groups -OCH3 is 1. The molecule has 0 bridgehead atoms. The van der Waals surface area contributed by atoms with Crippen molar-refractivity contribution in [1.29, 1.82) is 0 Å². The van der Waals surface area contributed by atoms with Crippen molar-refractivity contribution in [1.82, 2.24) is 10.6 Å². The van der Waals surface area contributed by atoms with Gasteiger partial charge in [0.2, 0.25) is 5.91 Å². The minimum atomic E-state index is -2.51. The Morgan fingerprint density at radius 2 is 1.56 bits per heavy atom. The van der Waals surface area contributed by atoms with E-state index in [1.165, 1.54) is 6.92 Å². The molecule has 2 aromatic rings. The monoisotopic (exact) mass is 561 g/mol. The summed E-state index contributed by atoms with van der Waals surface area (Å²) in [6.45, 7) is 3.79. The summed E-state index contributed by atoms with van der Waals surface area (Å²) in [5, 5.41) is 23.1. The van der Waals surface area contributed by atoms with Crippen LogP contribution in [0.1, 0.15) is 26.3 Å². The quantitative estimate of drug-likeness (QED) is 0.212. The molecule has 0 aliphatic heterocycles. The highest BCUT2D eigenvalue weighted by molar-refractivity contribution is 7.25. The zero-order chi connectivity index (χ0) is 29.2. The smallest absolute Gasteiger partial charge is 0.406 e. The first-order valence-corrected chi connectivity index (χ1v) is 13.1. The van der Waals surface area contributed by atoms with Gasteiger partial charge in [-0.25, -0.2) is 4.79 Å². The molecule has 0 aliphatic rings. The lowest BCUT2D eigenvalue weighted by Crippen LogP contribution is -2.57. The second-order valence-corrected chi connectivity index (χ2v) is 10.3. The number of nitrogens with one attached hydrogen (secondary N) is 2. The Labute approximate surface area is 228 Å². The lowest BCUT2D eigenvalue weighted by atomic mass is 9.88. The molecule has 0 aliphatic carbocycles. The maximum absolute atomic E-state index is 13.4. The van der Waals surface area contributed by atoms with Crippen LogP contribution >= 0.6 is 8.46 Å². The van der Waals surface area contributed by atoms with E-state index < -0.39 is 68.3 Å². The fourth-order valence-corrected chi connectivity index (χ4v) is 4.36. The Balaban J connectivity index is 2.50. The molecule has 5 unspecified atom stereocenters. The molecule has 39 heavy (non-hydrogen) atoms. The predicted molar refractivity (Wildman–Crippen MR) is 143 cm³/mol. The third-order valence-corrected chi connectivity index (χ3v) is 7.08. The van der Waals surface area contributed by atoms with Gasteiger partial charge in [-0.05, 0) is 30.0 Å². The van der Waals surface area contributed by atoms with E-state index in [4.69, 9.17) is 4.74 Å². The van der Waals surface area contributed by atoms with Gasteiger partial charge in [-0.3, -0.25) is 14.4 Å². The molecule has 0 fully saturated rings.